The van der Waals surface area contributed by atoms with Gasteiger partial charge in [-0.25, -0.2) is 0 Å². The van der Waals surface area contributed by atoms with Gasteiger partial charge in [-0.05, 0) is 36.0 Å². The van der Waals surface area contributed by atoms with Gasteiger partial charge in [0.2, 0.25) is 0 Å². The molecule has 1 aliphatic carbocycles. The molecule has 0 aliphatic heterocycles. The Morgan fingerprint density at radius 2 is 2.18 bits per heavy atom. The number of ether oxygens (including phenoxy) is 1. The van der Waals surface area contributed by atoms with E-state index in [1.54, 1.807) is 0 Å². The van der Waals surface area contributed by atoms with Gasteiger partial charge in [0.05, 0.1) is 6.61 Å². The average Bonchev–Trinajstić information content (AvgIpc) is 2.92. The van der Waals surface area contributed by atoms with E-state index in [0.29, 0.717) is 11.5 Å². The van der Waals surface area contributed by atoms with Crippen LogP contribution in [0, 0.1) is 5.41 Å². The Balaban J connectivity index is 1.84. The molecule has 2 heteroatoms. The Bertz CT molecular complexity index is 373. The van der Waals surface area contributed by atoms with Gasteiger partial charge in [-0.3, -0.25) is 0 Å². The van der Waals surface area contributed by atoms with Crippen molar-refractivity contribution in [1.82, 2.24) is 5.32 Å². The number of hydrogen-bond donors (Lipinski definition) is 1. The minimum atomic E-state index is 0.496. The van der Waals surface area contributed by atoms with Crippen LogP contribution in [-0.2, 0) is 6.54 Å². The molecule has 1 saturated carbocycles. The van der Waals surface area contributed by atoms with Crippen LogP contribution in [0.4, 0.5) is 0 Å². The molecule has 0 radical (unpaired) electrons. The van der Waals surface area contributed by atoms with Crippen molar-refractivity contribution in [2.45, 2.75) is 46.2 Å². The molecular weight excluding hydrogens is 210 g/mol. The molecule has 0 spiro atoms. The van der Waals surface area contributed by atoms with E-state index in [4.69, 9.17) is 4.74 Å². The Morgan fingerprint density at radius 1 is 1.41 bits per heavy atom. The fraction of sp³-hybridized carbons (Fsp3) is 0.600. The molecule has 0 heterocycles. The van der Waals surface area contributed by atoms with Crippen LogP contribution in [0.1, 0.15) is 39.2 Å². The second kappa shape index (κ2) is 5.09. The lowest BCUT2D eigenvalue weighted by Gasteiger charge is -2.09. The minimum absolute atomic E-state index is 0.496. The van der Waals surface area contributed by atoms with Crippen molar-refractivity contribution in [1.29, 1.82) is 0 Å². The first kappa shape index (κ1) is 12.4. The Hall–Kier alpha value is -1.02. The highest BCUT2D eigenvalue weighted by atomic mass is 16.5. The quantitative estimate of drug-likeness (QED) is 0.813. The van der Waals surface area contributed by atoms with Crippen molar-refractivity contribution in [3.8, 4) is 5.75 Å². The van der Waals surface area contributed by atoms with Gasteiger partial charge in [-0.2, -0.15) is 0 Å². The van der Waals surface area contributed by atoms with E-state index in [9.17, 15) is 0 Å². The molecule has 1 fully saturated rings. The molecule has 1 aromatic carbocycles. The van der Waals surface area contributed by atoms with Crippen molar-refractivity contribution < 1.29 is 4.74 Å². The Morgan fingerprint density at radius 3 is 2.82 bits per heavy atom. The molecule has 0 saturated heterocycles. The van der Waals surface area contributed by atoms with Crippen molar-refractivity contribution in [2.75, 3.05) is 6.61 Å². The Labute approximate surface area is 104 Å². The fourth-order valence-corrected chi connectivity index (χ4v) is 2.02. The first-order valence-corrected chi connectivity index (χ1v) is 6.57. The third-order valence-electron chi connectivity index (χ3n) is 3.44. The minimum Gasteiger partial charge on any atom is -0.494 e. The molecule has 94 valence electrons. The van der Waals surface area contributed by atoms with Gasteiger partial charge in [0.25, 0.3) is 0 Å². The van der Waals surface area contributed by atoms with Gasteiger partial charge in [0.15, 0.2) is 0 Å². The summed E-state index contributed by atoms with van der Waals surface area (Å²) in [6.07, 6.45) is 2.35. The fourth-order valence-electron chi connectivity index (χ4n) is 2.02. The van der Waals surface area contributed by atoms with Crippen LogP contribution in [0.3, 0.4) is 0 Å². The molecule has 2 rings (SSSR count). The van der Waals surface area contributed by atoms with Gasteiger partial charge in [-0.15, -0.1) is 0 Å². The summed E-state index contributed by atoms with van der Waals surface area (Å²) in [4.78, 5) is 0. The van der Waals surface area contributed by atoms with Gasteiger partial charge in [-0.1, -0.05) is 32.9 Å². The van der Waals surface area contributed by atoms with Crippen molar-refractivity contribution in [2.24, 2.45) is 5.41 Å². The van der Waals surface area contributed by atoms with E-state index in [0.717, 1.165) is 25.3 Å². The highest BCUT2D eigenvalue weighted by Gasteiger charge is 2.44. The summed E-state index contributed by atoms with van der Waals surface area (Å²) in [5.41, 5.74) is 1.80. The molecule has 1 N–H and O–H groups in total. The predicted molar refractivity (Wildman–Crippen MR) is 71.3 cm³/mol. The smallest absolute Gasteiger partial charge is 0.119 e. The van der Waals surface area contributed by atoms with Crippen molar-refractivity contribution in [3.05, 3.63) is 29.8 Å². The molecule has 1 aromatic rings. The third-order valence-corrected chi connectivity index (χ3v) is 3.44. The first-order chi connectivity index (χ1) is 8.12. The van der Waals surface area contributed by atoms with E-state index in [2.05, 4.69) is 44.3 Å². The highest BCUT2D eigenvalue weighted by Crippen LogP contribution is 2.44. The summed E-state index contributed by atoms with van der Waals surface area (Å²) in [6.45, 7) is 8.49. The lowest BCUT2D eigenvalue weighted by molar-refractivity contribution is 0.317. The molecule has 1 unspecified atom stereocenters. The number of benzene rings is 1. The molecular formula is C15H23NO. The summed E-state index contributed by atoms with van der Waals surface area (Å²) in [5.74, 6) is 0.987. The van der Waals surface area contributed by atoms with E-state index >= 15 is 0 Å². The zero-order chi connectivity index (χ0) is 12.3. The zero-order valence-corrected chi connectivity index (χ0v) is 11.1. The highest BCUT2D eigenvalue weighted by molar-refractivity contribution is 5.28. The molecule has 2 nitrogen and oxygen atoms in total. The maximum atomic E-state index is 5.63. The summed E-state index contributed by atoms with van der Waals surface area (Å²) >= 11 is 0. The number of rotatable bonds is 6. The molecule has 0 bridgehead atoms. The second-order valence-electron chi connectivity index (χ2n) is 5.62. The predicted octanol–water partition coefficient (Wildman–Crippen LogP) is 3.36. The standard InChI is InChI=1S/C15H23NO/c1-4-8-17-13-7-5-6-12(9-13)11-16-14-10-15(14,2)3/h5-7,9,14,16H,4,8,10-11H2,1-3H3. The van der Waals surface area contributed by atoms with E-state index in [-0.39, 0.29) is 0 Å². The van der Waals surface area contributed by atoms with Crippen LogP contribution >= 0.6 is 0 Å². The van der Waals surface area contributed by atoms with E-state index < -0.39 is 0 Å². The Kier molecular flexibility index (Phi) is 3.72. The summed E-state index contributed by atoms with van der Waals surface area (Å²) in [7, 11) is 0. The zero-order valence-electron chi connectivity index (χ0n) is 11.1. The van der Waals surface area contributed by atoms with Crippen molar-refractivity contribution >= 4 is 0 Å². The van der Waals surface area contributed by atoms with Gasteiger partial charge in [0, 0.05) is 12.6 Å². The van der Waals surface area contributed by atoms with Gasteiger partial charge in [0.1, 0.15) is 5.75 Å². The summed E-state index contributed by atoms with van der Waals surface area (Å²) in [5, 5.41) is 3.59. The third kappa shape index (κ3) is 3.47. The van der Waals surface area contributed by atoms with Gasteiger partial charge >= 0.3 is 0 Å². The molecule has 0 amide bonds. The monoisotopic (exact) mass is 233 g/mol. The maximum absolute atomic E-state index is 5.63. The molecule has 0 aromatic heterocycles. The molecule has 17 heavy (non-hydrogen) atoms. The number of nitrogens with one attached hydrogen (secondary N) is 1. The average molecular weight is 233 g/mol. The van der Waals surface area contributed by atoms with E-state index in [1.807, 2.05) is 6.07 Å². The lowest BCUT2D eigenvalue weighted by Crippen LogP contribution is -2.19. The lowest BCUT2D eigenvalue weighted by atomic mass is 10.1. The van der Waals surface area contributed by atoms with Crippen molar-refractivity contribution in [3.63, 3.8) is 0 Å². The van der Waals surface area contributed by atoms with Gasteiger partial charge < -0.3 is 10.1 Å². The topological polar surface area (TPSA) is 21.3 Å². The normalized spacial score (nSPS) is 21.2. The van der Waals surface area contributed by atoms with Crippen LogP contribution in [-0.4, -0.2) is 12.6 Å². The van der Waals surface area contributed by atoms with Crippen LogP contribution in [0.2, 0.25) is 0 Å². The van der Waals surface area contributed by atoms with Crippen LogP contribution in [0.5, 0.6) is 5.75 Å². The van der Waals surface area contributed by atoms with Crippen LogP contribution in [0.25, 0.3) is 0 Å². The largest absolute Gasteiger partial charge is 0.494 e. The van der Waals surface area contributed by atoms with Crippen LogP contribution < -0.4 is 10.1 Å². The molecule has 1 atom stereocenters. The van der Waals surface area contributed by atoms with Crippen LogP contribution in [0.15, 0.2) is 24.3 Å². The SMILES string of the molecule is CCCOc1cccc(CNC2CC2(C)C)c1. The molecule has 1 aliphatic rings. The summed E-state index contributed by atoms with van der Waals surface area (Å²) in [6, 6.07) is 9.07. The van der Waals surface area contributed by atoms with E-state index in [1.165, 1.54) is 12.0 Å². The second-order valence-corrected chi connectivity index (χ2v) is 5.62. The summed E-state index contributed by atoms with van der Waals surface area (Å²) < 4.78 is 5.63. The number of hydrogen-bond acceptors (Lipinski definition) is 2. The maximum Gasteiger partial charge on any atom is 0.119 e. The first-order valence-electron chi connectivity index (χ1n) is 6.57.